The van der Waals surface area contributed by atoms with E-state index in [2.05, 4.69) is 35.5 Å². The molecule has 2 heterocycles. The molecule has 1 atom stereocenters. The summed E-state index contributed by atoms with van der Waals surface area (Å²) in [6.07, 6.45) is 7.72. The van der Waals surface area contributed by atoms with E-state index in [1.54, 1.807) is 0 Å². The van der Waals surface area contributed by atoms with Gasteiger partial charge in [0.05, 0.1) is 0 Å². The lowest BCUT2D eigenvalue weighted by Crippen LogP contribution is -2.35. The molecular formula is C15H25N3. The predicted octanol–water partition coefficient (Wildman–Crippen LogP) is 2.09. The second-order valence-corrected chi connectivity index (χ2v) is 5.88. The Morgan fingerprint density at radius 2 is 2.39 bits per heavy atom. The molecule has 0 aliphatic carbocycles. The van der Waals surface area contributed by atoms with Crippen LogP contribution in [0.1, 0.15) is 38.7 Å². The van der Waals surface area contributed by atoms with Gasteiger partial charge in [0, 0.05) is 30.4 Å². The van der Waals surface area contributed by atoms with E-state index in [0.29, 0.717) is 0 Å². The van der Waals surface area contributed by atoms with E-state index in [4.69, 9.17) is 0 Å². The van der Waals surface area contributed by atoms with Crippen molar-refractivity contribution in [2.75, 3.05) is 19.6 Å². The van der Waals surface area contributed by atoms with Gasteiger partial charge in [0.1, 0.15) is 0 Å². The normalized spacial score (nSPS) is 20.2. The molecule has 0 bridgehead atoms. The van der Waals surface area contributed by atoms with Gasteiger partial charge in [0.2, 0.25) is 0 Å². The number of rotatable bonds is 6. The minimum atomic E-state index is 0.150. The van der Waals surface area contributed by atoms with Crippen molar-refractivity contribution in [2.45, 2.75) is 44.6 Å². The van der Waals surface area contributed by atoms with Crippen LogP contribution in [0.2, 0.25) is 0 Å². The predicted molar refractivity (Wildman–Crippen MR) is 75.8 cm³/mol. The number of nitrogens with one attached hydrogen (secondary N) is 2. The highest BCUT2D eigenvalue weighted by Crippen LogP contribution is 2.20. The average Bonchev–Trinajstić information content (AvgIpc) is 2.89. The maximum absolute atomic E-state index is 4.20. The molecule has 100 valence electrons. The highest BCUT2D eigenvalue weighted by Gasteiger charge is 2.20. The molecule has 1 aromatic heterocycles. The Kier molecular flexibility index (Phi) is 4.72. The van der Waals surface area contributed by atoms with Gasteiger partial charge in [-0.05, 0) is 44.0 Å². The summed E-state index contributed by atoms with van der Waals surface area (Å²) in [6, 6.07) is 4.91. The van der Waals surface area contributed by atoms with Crippen molar-refractivity contribution in [3.63, 3.8) is 0 Å². The molecule has 0 saturated carbocycles. The third kappa shape index (κ3) is 3.79. The summed E-state index contributed by atoms with van der Waals surface area (Å²) in [6.45, 7) is 7.84. The van der Waals surface area contributed by atoms with Gasteiger partial charge in [0.25, 0.3) is 0 Å². The molecule has 1 unspecified atom stereocenters. The van der Waals surface area contributed by atoms with Gasteiger partial charge in [-0.1, -0.05) is 19.9 Å². The second kappa shape index (κ2) is 6.30. The van der Waals surface area contributed by atoms with Gasteiger partial charge >= 0.3 is 0 Å². The van der Waals surface area contributed by atoms with E-state index >= 15 is 0 Å². The van der Waals surface area contributed by atoms with Gasteiger partial charge in [-0.15, -0.1) is 0 Å². The van der Waals surface area contributed by atoms with Crippen LogP contribution in [-0.2, 0) is 5.41 Å². The first kappa shape index (κ1) is 13.5. The third-order valence-corrected chi connectivity index (χ3v) is 3.84. The molecule has 1 fully saturated rings. The van der Waals surface area contributed by atoms with Crippen LogP contribution in [0.5, 0.6) is 0 Å². The molecule has 1 aliphatic heterocycles. The molecule has 0 radical (unpaired) electrons. The van der Waals surface area contributed by atoms with E-state index in [0.717, 1.165) is 19.1 Å². The molecule has 1 aliphatic rings. The Morgan fingerprint density at radius 3 is 3.06 bits per heavy atom. The molecule has 3 heteroatoms. The lowest BCUT2D eigenvalue weighted by atomic mass is 9.85. The zero-order chi connectivity index (χ0) is 12.8. The van der Waals surface area contributed by atoms with Gasteiger partial charge in [-0.3, -0.25) is 4.98 Å². The van der Waals surface area contributed by atoms with E-state index in [-0.39, 0.29) is 5.41 Å². The Morgan fingerprint density at radius 1 is 1.50 bits per heavy atom. The summed E-state index contributed by atoms with van der Waals surface area (Å²) in [5.74, 6) is 0. The summed E-state index contributed by atoms with van der Waals surface area (Å²) in [4.78, 5) is 4.20. The van der Waals surface area contributed by atoms with Crippen LogP contribution in [0.25, 0.3) is 0 Å². The Hall–Kier alpha value is -0.930. The molecule has 3 nitrogen and oxygen atoms in total. The van der Waals surface area contributed by atoms with Crippen LogP contribution in [0.15, 0.2) is 24.5 Å². The van der Waals surface area contributed by atoms with Gasteiger partial charge in [-0.25, -0.2) is 0 Å². The van der Waals surface area contributed by atoms with Crippen LogP contribution in [-0.4, -0.2) is 30.7 Å². The van der Waals surface area contributed by atoms with Crippen LogP contribution in [0.3, 0.4) is 0 Å². The number of pyridine rings is 1. The van der Waals surface area contributed by atoms with Crippen molar-refractivity contribution in [1.29, 1.82) is 0 Å². The first-order valence-electron chi connectivity index (χ1n) is 7.03. The largest absolute Gasteiger partial charge is 0.316 e. The fraction of sp³-hybridized carbons (Fsp3) is 0.667. The van der Waals surface area contributed by atoms with Crippen molar-refractivity contribution in [1.82, 2.24) is 15.6 Å². The van der Waals surface area contributed by atoms with Gasteiger partial charge in [-0.2, -0.15) is 0 Å². The molecule has 1 aromatic rings. The minimum absolute atomic E-state index is 0.150. The minimum Gasteiger partial charge on any atom is -0.316 e. The lowest BCUT2D eigenvalue weighted by Gasteiger charge is -2.25. The molecule has 0 aromatic carbocycles. The maximum Gasteiger partial charge on any atom is 0.0305 e. The number of aromatic nitrogens is 1. The van der Waals surface area contributed by atoms with E-state index in [1.165, 1.54) is 31.4 Å². The molecule has 2 rings (SSSR count). The zero-order valence-electron chi connectivity index (χ0n) is 11.6. The van der Waals surface area contributed by atoms with E-state index in [1.807, 2.05) is 18.5 Å². The fourth-order valence-corrected chi connectivity index (χ4v) is 2.55. The van der Waals surface area contributed by atoms with Crippen LogP contribution >= 0.6 is 0 Å². The van der Waals surface area contributed by atoms with Gasteiger partial charge in [0.15, 0.2) is 0 Å². The number of hydrogen-bond donors (Lipinski definition) is 2. The first-order valence-corrected chi connectivity index (χ1v) is 7.03. The summed E-state index contributed by atoms with van der Waals surface area (Å²) in [5.41, 5.74) is 1.45. The van der Waals surface area contributed by atoms with Gasteiger partial charge < -0.3 is 10.6 Å². The average molecular weight is 247 g/mol. The molecule has 0 spiro atoms. The second-order valence-electron chi connectivity index (χ2n) is 5.88. The first-order chi connectivity index (χ1) is 8.68. The zero-order valence-corrected chi connectivity index (χ0v) is 11.6. The van der Waals surface area contributed by atoms with Crippen LogP contribution in [0.4, 0.5) is 0 Å². The van der Waals surface area contributed by atoms with Crippen LogP contribution < -0.4 is 10.6 Å². The van der Waals surface area contributed by atoms with Crippen LogP contribution in [0, 0.1) is 0 Å². The maximum atomic E-state index is 4.20. The number of nitrogens with zero attached hydrogens (tertiary/aromatic N) is 1. The highest BCUT2D eigenvalue weighted by atomic mass is 15.0. The Labute approximate surface area is 110 Å². The summed E-state index contributed by atoms with van der Waals surface area (Å²) >= 11 is 0. The summed E-state index contributed by atoms with van der Waals surface area (Å²) in [5, 5.41) is 7.12. The summed E-state index contributed by atoms with van der Waals surface area (Å²) in [7, 11) is 0. The topological polar surface area (TPSA) is 37.0 Å². The summed E-state index contributed by atoms with van der Waals surface area (Å²) < 4.78 is 0. The van der Waals surface area contributed by atoms with Crippen molar-refractivity contribution in [2.24, 2.45) is 0 Å². The molecule has 1 saturated heterocycles. The monoisotopic (exact) mass is 247 g/mol. The van der Waals surface area contributed by atoms with Crippen molar-refractivity contribution >= 4 is 0 Å². The molecule has 2 N–H and O–H groups in total. The van der Waals surface area contributed by atoms with Crippen molar-refractivity contribution < 1.29 is 0 Å². The molecular weight excluding hydrogens is 222 g/mol. The van der Waals surface area contributed by atoms with E-state index < -0.39 is 0 Å². The fourth-order valence-electron chi connectivity index (χ4n) is 2.55. The SMILES string of the molecule is CC(C)(CNCCC1CCCN1)c1cccnc1. The molecule has 0 amide bonds. The number of hydrogen-bond acceptors (Lipinski definition) is 3. The smallest absolute Gasteiger partial charge is 0.0305 e. The van der Waals surface area contributed by atoms with Crippen molar-refractivity contribution in [3.8, 4) is 0 Å². The highest BCUT2D eigenvalue weighted by molar-refractivity contribution is 5.19. The van der Waals surface area contributed by atoms with E-state index in [9.17, 15) is 0 Å². The molecule has 18 heavy (non-hydrogen) atoms. The quantitative estimate of drug-likeness (QED) is 0.756. The Bertz CT molecular complexity index is 342. The third-order valence-electron chi connectivity index (χ3n) is 3.84. The Balaban J connectivity index is 1.71. The lowest BCUT2D eigenvalue weighted by molar-refractivity contribution is 0.446. The standard InChI is InChI=1S/C15H25N3/c1-15(2,13-5-3-8-16-11-13)12-17-10-7-14-6-4-9-18-14/h3,5,8,11,14,17-18H,4,6-7,9-10,12H2,1-2H3. The van der Waals surface area contributed by atoms with Crippen molar-refractivity contribution in [3.05, 3.63) is 30.1 Å².